The number of carbonyl (C=O) groups is 1. The number of aromatic hydroxyl groups is 2. The Kier molecular flexibility index (Phi) is 3.50. The minimum absolute atomic E-state index is 0.238. The summed E-state index contributed by atoms with van der Waals surface area (Å²) < 4.78 is 0. The number of hydrogen-bond acceptors (Lipinski definition) is 4. The number of phenols is 2. The van der Waals surface area contributed by atoms with Gasteiger partial charge in [0.15, 0.2) is 11.5 Å². The first kappa shape index (κ1) is 13.5. The van der Waals surface area contributed by atoms with Gasteiger partial charge in [-0.3, -0.25) is 4.79 Å². The van der Waals surface area contributed by atoms with Crippen molar-refractivity contribution < 1.29 is 15.0 Å². The molecular formula is C16H16N2O3. The van der Waals surface area contributed by atoms with E-state index in [9.17, 15) is 15.0 Å². The van der Waals surface area contributed by atoms with E-state index >= 15 is 0 Å². The van der Waals surface area contributed by atoms with Crippen LogP contribution < -0.4 is 10.6 Å². The Labute approximate surface area is 122 Å². The quantitative estimate of drug-likeness (QED) is 0.646. The van der Waals surface area contributed by atoms with Crippen LogP contribution in [0.1, 0.15) is 27.0 Å². The molecule has 0 aromatic heterocycles. The summed E-state index contributed by atoms with van der Waals surface area (Å²) >= 11 is 0. The normalized spacial score (nSPS) is 13.0. The van der Waals surface area contributed by atoms with Crippen LogP contribution >= 0.6 is 0 Å². The van der Waals surface area contributed by atoms with Crippen molar-refractivity contribution in [3.05, 3.63) is 58.7 Å². The van der Waals surface area contributed by atoms with E-state index in [-0.39, 0.29) is 17.4 Å². The maximum Gasteiger partial charge on any atom is 0.251 e. The van der Waals surface area contributed by atoms with Gasteiger partial charge in [-0.1, -0.05) is 18.2 Å². The van der Waals surface area contributed by atoms with Crippen molar-refractivity contribution in [3.63, 3.8) is 0 Å². The summed E-state index contributed by atoms with van der Waals surface area (Å²) in [6.07, 6.45) is 0. The highest BCUT2D eigenvalue weighted by atomic mass is 16.3. The lowest BCUT2D eigenvalue weighted by molar-refractivity contribution is 0.0950. The van der Waals surface area contributed by atoms with E-state index < -0.39 is 0 Å². The van der Waals surface area contributed by atoms with Crippen LogP contribution in [0.5, 0.6) is 11.5 Å². The van der Waals surface area contributed by atoms with Gasteiger partial charge < -0.3 is 20.8 Å². The molecule has 5 heteroatoms. The number of nitrogens with one attached hydrogen (secondary N) is 2. The van der Waals surface area contributed by atoms with Gasteiger partial charge in [0.1, 0.15) is 0 Å². The summed E-state index contributed by atoms with van der Waals surface area (Å²) in [7, 11) is 0. The summed E-state index contributed by atoms with van der Waals surface area (Å²) in [5, 5.41) is 24.7. The molecule has 5 nitrogen and oxygen atoms in total. The molecule has 1 heterocycles. The Morgan fingerprint density at radius 1 is 1.05 bits per heavy atom. The van der Waals surface area contributed by atoms with Crippen LogP contribution in [0.25, 0.3) is 0 Å². The van der Waals surface area contributed by atoms with E-state index in [0.29, 0.717) is 12.1 Å². The van der Waals surface area contributed by atoms with Crippen LogP contribution in [0.4, 0.5) is 0 Å². The second-order valence-electron chi connectivity index (χ2n) is 5.09. The maximum atomic E-state index is 12.0. The molecule has 2 aromatic carbocycles. The Balaban J connectivity index is 1.67. The fourth-order valence-electron chi connectivity index (χ4n) is 2.41. The fourth-order valence-corrected chi connectivity index (χ4v) is 2.41. The molecule has 21 heavy (non-hydrogen) atoms. The molecule has 3 rings (SSSR count). The lowest BCUT2D eigenvalue weighted by Gasteiger charge is -2.08. The highest BCUT2D eigenvalue weighted by Crippen LogP contribution is 2.24. The Bertz CT molecular complexity index is 698. The predicted molar refractivity (Wildman–Crippen MR) is 77.9 cm³/mol. The molecule has 2 aromatic rings. The van der Waals surface area contributed by atoms with Crippen LogP contribution in [0, 0.1) is 0 Å². The minimum atomic E-state index is -0.300. The third-order valence-corrected chi connectivity index (χ3v) is 3.59. The molecule has 0 saturated heterocycles. The van der Waals surface area contributed by atoms with Crippen LogP contribution in [0.15, 0.2) is 36.4 Å². The molecule has 1 aliphatic rings. The average molecular weight is 284 g/mol. The van der Waals surface area contributed by atoms with Crippen molar-refractivity contribution in [2.24, 2.45) is 0 Å². The van der Waals surface area contributed by atoms with Crippen LogP contribution in [-0.4, -0.2) is 16.1 Å². The Morgan fingerprint density at radius 2 is 1.86 bits per heavy atom. The topological polar surface area (TPSA) is 81.6 Å². The second kappa shape index (κ2) is 5.46. The molecule has 0 radical (unpaired) electrons. The second-order valence-corrected chi connectivity index (χ2v) is 5.09. The SMILES string of the molecule is O=C(NCc1ccc2c(c1)CNC2)c1ccc(O)c(O)c1. The molecular weight excluding hydrogens is 268 g/mol. The van der Waals surface area contributed by atoms with Crippen LogP contribution in [0.3, 0.4) is 0 Å². The molecule has 1 aliphatic heterocycles. The average Bonchev–Trinajstić information content (AvgIpc) is 2.95. The number of benzene rings is 2. The van der Waals surface area contributed by atoms with Crippen molar-refractivity contribution in [2.75, 3.05) is 0 Å². The summed E-state index contributed by atoms with van der Waals surface area (Å²) in [5.41, 5.74) is 3.92. The smallest absolute Gasteiger partial charge is 0.251 e. The van der Waals surface area contributed by atoms with Gasteiger partial charge in [0.2, 0.25) is 0 Å². The molecule has 0 aliphatic carbocycles. The van der Waals surface area contributed by atoms with Crippen molar-refractivity contribution in [2.45, 2.75) is 19.6 Å². The summed E-state index contributed by atoms with van der Waals surface area (Å²) in [4.78, 5) is 12.0. The van der Waals surface area contributed by atoms with E-state index in [1.807, 2.05) is 6.07 Å². The first-order valence-electron chi connectivity index (χ1n) is 6.75. The zero-order valence-electron chi connectivity index (χ0n) is 11.4. The molecule has 4 N–H and O–H groups in total. The summed E-state index contributed by atoms with van der Waals surface area (Å²) in [6, 6.07) is 10.2. The molecule has 0 saturated carbocycles. The van der Waals surface area contributed by atoms with E-state index in [1.165, 1.54) is 29.3 Å². The molecule has 0 spiro atoms. The largest absolute Gasteiger partial charge is 0.504 e. The van der Waals surface area contributed by atoms with Gasteiger partial charge in [0.25, 0.3) is 5.91 Å². The summed E-state index contributed by atoms with van der Waals surface area (Å²) in [6.45, 7) is 2.19. The number of hydrogen-bond donors (Lipinski definition) is 4. The number of fused-ring (bicyclic) bond motifs is 1. The molecule has 0 fully saturated rings. The van der Waals surface area contributed by atoms with E-state index in [0.717, 1.165) is 18.7 Å². The van der Waals surface area contributed by atoms with Gasteiger partial charge >= 0.3 is 0 Å². The number of rotatable bonds is 3. The zero-order valence-corrected chi connectivity index (χ0v) is 11.4. The van der Waals surface area contributed by atoms with E-state index in [1.54, 1.807) is 0 Å². The van der Waals surface area contributed by atoms with Gasteiger partial charge in [-0.25, -0.2) is 0 Å². The lowest BCUT2D eigenvalue weighted by Crippen LogP contribution is -2.22. The fraction of sp³-hybridized carbons (Fsp3) is 0.188. The Hall–Kier alpha value is -2.53. The van der Waals surface area contributed by atoms with Crippen molar-refractivity contribution in [1.82, 2.24) is 10.6 Å². The maximum absolute atomic E-state index is 12.0. The van der Waals surface area contributed by atoms with Gasteiger partial charge in [-0.15, -0.1) is 0 Å². The van der Waals surface area contributed by atoms with Crippen molar-refractivity contribution >= 4 is 5.91 Å². The van der Waals surface area contributed by atoms with Gasteiger partial charge in [-0.2, -0.15) is 0 Å². The molecule has 108 valence electrons. The highest BCUT2D eigenvalue weighted by Gasteiger charge is 2.11. The molecule has 0 bridgehead atoms. The Morgan fingerprint density at radius 3 is 2.67 bits per heavy atom. The lowest BCUT2D eigenvalue weighted by atomic mass is 10.1. The molecule has 1 amide bonds. The zero-order chi connectivity index (χ0) is 14.8. The first-order chi connectivity index (χ1) is 10.1. The van der Waals surface area contributed by atoms with Crippen LogP contribution in [-0.2, 0) is 19.6 Å². The van der Waals surface area contributed by atoms with Gasteiger partial charge in [-0.05, 0) is 34.9 Å². The van der Waals surface area contributed by atoms with Crippen molar-refractivity contribution in [3.8, 4) is 11.5 Å². The number of amides is 1. The van der Waals surface area contributed by atoms with Crippen LogP contribution in [0.2, 0.25) is 0 Å². The van der Waals surface area contributed by atoms with Gasteiger partial charge in [0.05, 0.1) is 0 Å². The third-order valence-electron chi connectivity index (χ3n) is 3.59. The van der Waals surface area contributed by atoms with Crippen molar-refractivity contribution in [1.29, 1.82) is 0 Å². The predicted octanol–water partition coefficient (Wildman–Crippen LogP) is 1.63. The monoisotopic (exact) mass is 284 g/mol. The summed E-state index contributed by atoms with van der Waals surface area (Å²) in [5.74, 6) is -0.826. The minimum Gasteiger partial charge on any atom is -0.504 e. The third kappa shape index (κ3) is 2.83. The highest BCUT2D eigenvalue weighted by molar-refractivity contribution is 5.94. The first-order valence-corrected chi connectivity index (χ1v) is 6.75. The van der Waals surface area contributed by atoms with E-state index in [2.05, 4.69) is 22.8 Å². The standard InChI is InChI=1S/C16H16N2O3/c19-14-4-3-11(6-15(14)20)16(21)18-7-10-1-2-12-8-17-9-13(12)5-10/h1-6,17,19-20H,7-9H2,(H,18,21). The number of phenolic OH excluding ortho intramolecular Hbond substituents is 2. The molecule has 0 unspecified atom stereocenters. The number of carbonyl (C=O) groups excluding carboxylic acids is 1. The molecule has 0 atom stereocenters. The van der Waals surface area contributed by atoms with E-state index in [4.69, 9.17) is 0 Å². The van der Waals surface area contributed by atoms with Gasteiger partial charge in [0, 0.05) is 25.2 Å².